The van der Waals surface area contributed by atoms with Gasteiger partial charge in [-0.3, -0.25) is 24.0 Å². The van der Waals surface area contributed by atoms with Crippen LogP contribution in [0.25, 0.3) is 0 Å². The number of ketones is 5. The van der Waals surface area contributed by atoms with Crippen molar-refractivity contribution >= 4 is 28.9 Å². The molecule has 0 saturated heterocycles. The smallest absolute Gasteiger partial charge is 0.168 e. The average molecular weight is 415 g/mol. The van der Waals surface area contributed by atoms with Gasteiger partial charge in [-0.2, -0.15) is 0 Å². The minimum Gasteiger partial charge on any atom is -0.300 e. The fraction of sp³-hybridized carbons (Fsp3) is 0.720. The zero-order valence-corrected chi connectivity index (χ0v) is 19.5. The molecule has 0 N–H and O–H groups in total. The normalized spacial score (nSPS) is 39.3. The van der Waals surface area contributed by atoms with E-state index in [1.165, 1.54) is 6.92 Å². The summed E-state index contributed by atoms with van der Waals surface area (Å²) in [5.74, 6) is -3.27. The van der Waals surface area contributed by atoms with E-state index in [0.717, 1.165) is 5.57 Å². The van der Waals surface area contributed by atoms with Gasteiger partial charge in [-0.15, -0.1) is 0 Å². The molecule has 1 spiro atoms. The van der Waals surface area contributed by atoms with Crippen LogP contribution in [0.15, 0.2) is 11.6 Å². The fourth-order valence-electron chi connectivity index (χ4n) is 6.82. The quantitative estimate of drug-likeness (QED) is 0.503. The van der Waals surface area contributed by atoms with Crippen LogP contribution in [-0.4, -0.2) is 28.9 Å². The van der Waals surface area contributed by atoms with Crippen LogP contribution >= 0.6 is 0 Å². The summed E-state index contributed by atoms with van der Waals surface area (Å²) in [7, 11) is 0. The molecule has 0 aromatic heterocycles. The zero-order chi connectivity index (χ0) is 23.0. The molecule has 5 nitrogen and oxygen atoms in total. The van der Waals surface area contributed by atoms with Gasteiger partial charge in [-0.05, 0) is 58.3 Å². The van der Waals surface area contributed by atoms with Crippen LogP contribution < -0.4 is 0 Å². The molecular formula is C25H34O5. The summed E-state index contributed by atoms with van der Waals surface area (Å²) in [4.78, 5) is 67.9. The number of Topliss-reactive ketones (excluding diaryl/α,β-unsaturated/α-hetero) is 5. The Hall–Kier alpha value is -1.91. The maximum atomic E-state index is 14.3. The van der Waals surface area contributed by atoms with Crippen molar-refractivity contribution in [2.45, 2.75) is 74.7 Å². The van der Waals surface area contributed by atoms with E-state index in [1.807, 2.05) is 27.7 Å². The maximum Gasteiger partial charge on any atom is 0.168 e. The first-order chi connectivity index (χ1) is 13.6. The molecule has 3 fully saturated rings. The largest absolute Gasteiger partial charge is 0.300 e. The molecule has 5 atom stereocenters. The first-order valence-corrected chi connectivity index (χ1v) is 10.9. The van der Waals surface area contributed by atoms with Crippen molar-refractivity contribution in [3.63, 3.8) is 0 Å². The van der Waals surface area contributed by atoms with E-state index < -0.39 is 56.8 Å². The zero-order valence-electron chi connectivity index (χ0n) is 19.5. The minimum absolute atomic E-state index is 0.00742. The summed E-state index contributed by atoms with van der Waals surface area (Å²) in [6.45, 7) is 14.1. The summed E-state index contributed by atoms with van der Waals surface area (Å²) in [5.41, 5.74) is -4.32. The SMILES string of the molecule is CC(=O)[C@@H]1C[C@]23C(=O)[C@@](C)(C[C@@H]2C1(C)C)C(=O)[C@](CC=C(C)C)(C(=O)C(C)C)C3=O. The number of allylic oxidation sites excluding steroid dienone is 2. The van der Waals surface area contributed by atoms with Crippen LogP contribution in [0.2, 0.25) is 0 Å². The standard InChI is InChI=1S/C25H34O5/c1-13(2)9-10-24(18(27)14(3)4)19(28)23(8)12-17-22(6,7)16(15(5)26)11-25(17,20(23)29)21(24)30/h9,14,16-17H,10-12H2,1-8H3/t16-,17+,23-,24-,25+/m0/s1. The fourth-order valence-corrected chi connectivity index (χ4v) is 6.82. The minimum atomic E-state index is -1.84. The molecule has 0 unspecified atom stereocenters. The predicted molar refractivity (Wildman–Crippen MR) is 113 cm³/mol. The Morgan fingerprint density at radius 1 is 0.967 bits per heavy atom. The van der Waals surface area contributed by atoms with E-state index in [2.05, 4.69) is 0 Å². The number of hydrogen-bond acceptors (Lipinski definition) is 5. The van der Waals surface area contributed by atoms with Gasteiger partial charge in [-0.1, -0.05) is 39.3 Å². The van der Waals surface area contributed by atoms with Gasteiger partial charge in [0, 0.05) is 11.8 Å². The van der Waals surface area contributed by atoms with Crippen LogP contribution in [0.1, 0.15) is 74.7 Å². The lowest BCUT2D eigenvalue weighted by Crippen LogP contribution is -2.65. The van der Waals surface area contributed by atoms with Gasteiger partial charge in [-0.25, -0.2) is 0 Å². The Balaban J connectivity index is 2.33. The Bertz CT molecular complexity index is 902. The van der Waals surface area contributed by atoms with Gasteiger partial charge in [0.15, 0.2) is 28.5 Å². The van der Waals surface area contributed by atoms with Gasteiger partial charge in [0.2, 0.25) is 0 Å². The van der Waals surface area contributed by atoms with Gasteiger partial charge in [0.25, 0.3) is 0 Å². The topological polar surface area (TPSA) is 85.3 Å². The molecule has 3 aliphatic rings. The molecule has 0 aromatic carbocycles. The number of carbonyl (C=O) groups excluding carboxylic acids is 5. The van der Waals surface area contributed by atoms with Crippen molar-refractivity contribution in [3.05, 3.63) is 11.6 Å². The molecule has 3 aliphatic carbocycles. The molecule has 30 heavy (non-hydrogen) atoms. The van der Waals surface area contributed by atoms with Crippen LogP contribution in [0.5, 0.6) is 0 Å². The Labute approximate surface area is 179 Å². The molecule has 164 valence electrons. The van der Waals surface area contributed by atoms with Crippen molar-refractivity contribution in [1.82, 2.24) is 0 Å². The van der Waals surface area contributed by atoms with E-state index in [1.54, 1.807) is 26.8 Å². The number of hydrogen-bond donors (Lipinski definition) is 0. The first kappa shape index (κ1) is 22.8. The van der Waals surface area contributed by atoms with Crippen molar-refractivity contribution in [2.75, 3.05) is 0 Å². The third kappa shape index (κ3) is 2.44. The summed E-state index contributed by atoms with van der Waals surface area (Å²) in [5, 5.41) is 0. The highest BCUT2D eigenvalue weighted by Gasteiger charge is 2.82. The average Bonchev–Trinajstić information content (AvgIpc) is 2.99. The highest BCUT2D eigenvalue weighted by molar-refractivity contribution is 6.40. The Kier molecular flexibility index (Phi) is 4.97. The summed E-state index contributed by atoms with van der Waals surface area (Å²) in [6, 6.07) is 0. The third-order valence-corrected chi connectivity index (χ3v) is 8.37. The lowest BCUT2D eigenvalue weighted by molar-refractivity contribution is -0.168. The molecule has 0 aromatic rings. The van der Waals surface area contributed by atoms with E-state index >= 15 is 0 Å². The molecule has 0 amide bonds. The molecule has 5 heteroatoms. The van der Waals surface area contributed by atoms with Crippen molar-refractivity contribution in [3.8, 4) is 0 Å². The number of rotatable bonds is 5. The van der Waals surface area contributed by atoms with Crippen LogP contribution in [0.3, 0.4) is 0 Å². The second-order valence-electron chi connectivity index (χ2n) is 11.1. The second-order valence-corrected chi connectivity index (χ2v) is 11.1. The highest BCUT2D eigenvalue weighted by Crippen LogP contribution is 2.72. The number of fused-ring (bicyclic) bond motifs is 1. The van der Waals surface area contributed by atoms with E-state index in [0.29, 0.717) is 0 Å². The summed E-state index contributed by atoms with van der Waals surface area (Å²) >= 11 is 0. The summed E-state index contributed by atoms with van der Waals surface area (Å²) in [6.07, 6.45) is 2.10. The second kappa shape index (κ2) is 6.54. The van der Waals surface area contributed by atoms with Gasteiger partial charge < -0.3 is 0 Å². The molecule has 3 rings (SSSR count). The molecule has 0 aliphatic heterocycles. The maximum absolute atomic E-state index is 14.3. The van der Waals surface area contributed by atoms with Crippen molar-refractivity contribution < 1.29 is 24.0 Å². The molecule has 0 heterocycles. The monoisotopic (exact) mass is 414 g/mol. The van der Waals surface area contributed by atoms with Crippen molar-refractivity contribution in [1.29, 1.82) is 0 Å². The van der Waals surface area contributed by atoms with Crippen molar-refractivity contribution in [2.24, 2.45) is 39.4 Å². The first-order valence-electron chi connectivity index (χ1n) is 10.9. The molecule has 3 saturated carbocycles. The third-order valence-electron chi connectivity index (χ3n) is 8.37. The van der Waals surface area contributed by atoms with E-state index in [-0.39, 0.29) is 30.8 Å². The number of carbonyl (C=O) groups is 5. The van der Waals surface area contributed by atoms with E-state index in [4.69, 9.17) is 0 Å². The predicted octanol–water partition coefficient (Wildman–Crippen LogP) is 3.92. The molecule has 2 bridgehead atoms. The highest BCUT2D eigenvalue weighted by atomic mass is 16.2. The van der Waals surface area contributed by atoms with Gasteiger partial charge >= 0.3 is 0 Å². The van der Waals surface area contributed by atoms with Crippen LogP contribution in [-0.2, 0) is 24.0 Å². The van der Waals surface area contributed by atoms with Crippen LogP contribution in [0, 0.1) is 39.4 Å². The molecular weight excluding hydrogens is 380 g/mol. The van der Waals surface area contributed by atoms with Crippen LogP contribution in [0.4, 0.5) is 0 Å². The Morgan fingerprint density at radius 3 is 2.00 bits per heavy atom. The van der Waals surface area contributed by atoms with Gasteiger partial charge in [0.1, 0.15) is 5.78 Å². The lowest BCUT2D eigenvalue weighted by Gasteiger charge is -2.45. The van der Waals surface area contributed by atoms with Gasteiger partial charge in [0.05, 0.1) is 10.8 Å². The lowest BCUT2D eigenvalue weighted by atomic mass is 9.51. The Morgan fingerprint density at radius 2 is 1.53 bits per heavy atom. The molecule has 0 radical (unpaired) electrons. The van der Waals surface area contributed by atoms with E-state index in [9.17, 15) is 24.0 Å². The summed E-state index contributed by atoms with van der Waals surface area (Å²) < 4.78 is 0.